The first-order chi connectivity index (χ1) is 9.00. The van der Waals surface area contributed by atoms with E-state index in [-0.39, 0.29) is 0 Å². The molecule has 0 fully saturated rings. The van der Waals surface area contributed by atoms with E-state index in [0.717, 1.165) is 17.5 Å². The molecule has 1 aromatic heterocycles. The summed E-state index contributed by atoms with van der Waals surface area (Å²) in [5.74, 6) is -0.811. The molecule has 0 atom stereocenters. The molecule has 1 heterocycles. The average Bonchev–Trinajstić information content (AvgIpc) is 2.40. The molecule has 3 nitrogen and oxygen atoms in total. The summed E-state index contributed by atoms with van der Waals surface area (Å²) < 4.78 is 0. The number of pyridine rings is 1. The van der Waals surface area contributed by atoms with Gasteiger partial charge in [0.05, 0.1) is 5.41 Å². The number of aromatic nitrogens is 1. The Kier molecular flexibility index (Phi) is 3.65. The van der Waals surface area contributed by atoms with Crippen LogP contribution in [0.25, 0.3) is 0 Å². The third-order valence-corrected chi connectivity index (χ3v) is 3.37. The Morgan fingerprint density at radius 3 is 2.11 bits per heavy atom. The normalized spacial score (nSPS) is 11.3. The van der Waals surface area contributed by atoms with Crippen LogP contribution in [0.1, 0.15) is 30.5 Å². The third-order valence-electron chi connectivity index (χ3n) is 3.37. The Labute approximate surface area is 112 Å². The molecule has 0 saturated heterocycles. The molecule has 0 aliphatic heterocycles. The Hall–Kier alpha value is -2.16. The van der Waals surface area contributed by atoms with Crippen LogP contribution in [0.2, 0.25) is 0 Å². The first-order valence-electron chi connectivity index (χ1n) is 6.22. The van der Waals surface area contributed by atoms with Gasteiger partial charge in [-0.05, 0) is 49.1 Å². The van der Waals surface area contributed by atoms with Gasteiger partial charge < -0.3 is 5.11 Å². The highest BCUT2D eigenvalue weighted by Crippen LogP contribution is 2.24. The van der Waals surface area contributed by atoms with Crippen LogP contribution >= 0.6 is 0 Å². The highest BCUT2D eigenvalue weighted by molar-refractivity contribution is 5.80. The largest absolute Gasteiger partial charge is 0.481 e. The maximum Gasteiger partial charge on any atom is 0.313 e. The van der Waals surface area contributed by atoms with Crippen LogP contribution in [0.5, 0.6) is 0 Å². The molecule has 0 aliphatic carbocycles. The van der Waals surface area contributed by atoms with E-state index in [0.29, 0.717) is 0 Å². The van der Waals surface area contributed by atoms with Gasteiger partial charge in [0.15, 0.2) is 0 Å². The van der Waals surface area contributed by atoms with Crippen LogP contribution in [0.15, 0.2) is 48.8 Å². The minimum absolute atomic E-state index is 0.811. The van der Waals surface area contributed by atoms with E-state index in [4.69, 9.17) is 0 Å². The summed E-state index contributed by atoms with van der Waals surface area (Å²) in [5, 5.41) is 9.19. The van der Waals surface area contributed by atoms with Crippen molar-refractivity contribution in [3.8, 4) is 0 Å². The molecule has 2 rings (SSSR count). The smallest absolute Gasteiger partial charge is 0.313 e. The molecule has 2 aromatic rings. The van der Waals surface area contributed by atoms with Crippen molar-refractivity contribution in [2.24, 2.45) is 0 Å². The van der Waals surface area contributed by atoms with Crippen molar-refractivity contribution >= 4 is 5.97 Å². The van der Waals surface area contributed by atoms with E-state index in [1.807, 2.05) is 36.4 Å². The van der Waals surface area contributed by atoms with Gasteiger partial charge in [-0.15, -0.1) is 0 Å². The van der Waals surface area contributed by atoms with Gasteiger partial charge in [0, 0.05) is 12.4 Å². The van der Waals surface area contributed by atoms with Gasteiger partial charge in [0.25, 0.3) is 0 Å². The Morgan fingerprint density at radius 2 is 1.58 bits per heavy atom. The average molecular weight is 255 g/mol. The summed E-state index contributed by atoms with van der Waals surface area (Å²) in [6, 6.07) is 11.7. The van der Waals surface area contributed by atoms with E-state index in [1.54, 1.807) is 26.2 Å². The van der Waals surface area contributed by atoms with Gasteiger partial charge in [-0.25, -0.2) is 0 Å². The maximum absolute atomic E-state index is 11.2. The zero-order valence-electron chi connectivity index (χ0n) is 11.1. The van der Waals surface area contributed by atoms with Gasteiger partial charge in [0.1, 0.15) is 0 Å². The van der Waals surface area contributed by atoms with Crippen molar-refractivity contribution in [1.82, 2.24) is 4.98 Å². The zero-order chi connectivity index (χ0) is 13.9. The quantitative estimate of drug-likeness (QED) is 0.913. The monoisotopic (exact) mass is 255 g/mol. The Morgan fingerprint density at radius 1 is 1.05 bits per heavy atom. The van der Waals surface area contributed by atoms with Gasteiger partial charge >= 0.3 is 5.97 Å². The fourth-order valence-corrected chi connectivity index (χ4v) is 1.90. The maximum atomic E-state index is 11.2. The molecule has 0 saturated carbocycles. The Bertz CT molecular complexity index is 559. The molecule has 0 amide bonds. The lowest BCUT2D eigenvalue weighted by Crippen LogP contribution is -2.28. The summed E-state index contributed by atoms with van der Waals surface area (Å²) in [4.78, 5) is 15.2. The molecule has 3 heteroatoms. The number of carbonyl (C=O) groups is 1. The van der Waals surface area contributed by atoms with Crippen molar-refractivity contribution in [1.29, 1.82) is 0 Å². The molecular formula is C16H17NO2. The summed E-state index contributed by atoms with van der Waals surface area (Å²) in [5.41, 5.74) is 2.32. The lowest BCUT2D eigenvalue weighted by atomic mass is 9.84. The molecule has 0 unspecified atom stereocenters. The molecule has 0 spiro atoms. The van der Waals surface area contributed by atoms with Crippen LogP contribution in [-0.4, -0.2) is 16.1 Å². The van der Waals surface area contributed by atoms with Crippen LogP contribution in [0, 0.1) is 0 Å². The first-order valence-corrected chi connectivity index (χ1v) is 6.22. The van der Waals surface area contributed by atoms with Crippen LogP contribution < -0.4 is 0 Å². The van der Waals surface area contributed by atoms with Crippen molar-refractivity contribution in [2.45, 2.75) is 25.7 Å². The molecule has 19 heavy (non-hydrogen) atoms. The molecule has 1 N–H and O–H groups in total. The zero-order valence-corrected chi connectivity index (χ0v) is 11.1. The number of hydrogen-bond acceptors (Lipinski definition) is 2. The van der Waals surface area contributed by atoms with E-state index in [1.165, 1.54) is 5.56 Å². The summed E-state index contributed by atoms with van der Waals surface area (Å²) >= 11 is 0. The fourth-order valence-electron chi connectivity index (χ4n) is 1.90. The number of carboxylic acid groups (broad SMARTS) is 1. The van der Waals surface area contributed by atoms with E-state index in [9.17, 15) is 9.90 Å². The summed E-state index contributed by atoms with van der Waals surface area (Å²) in [7, 11) is 0. The minimum atomic E-state index is -0.852. The van der Waals surface area contributed by atoms with Crippen LogP contribution in [-0.2, 0) is 16.6 Å². The number of benzene rings is 1. The second kappa shape index (κ2) is 5.22. The lowest BCUT2D eigenvalue weighted by Gasteiger charge is -2.19. The fraction of sp³-hybridized carbons (Fsp3) is 0.250. The second-order valence-corrected chi connectivity index (χ2v) is 5.16. The number of carboxylic acids is 1. The highest BCUT2D eigenvalue weighted by Gasteiger charge is 2.28. The number of hydrogen-bond donors (Lipinski definition) is 1. The summed E-state index contributed by atoms with van der Waals surface area (Å²) in [6.07, 6.45) is 4.38. The topological polar surface area (TPSA) is 50.2 Å². The van der Waals surface area contributed by atoms with Crippen LogP contribution in [0.3, 0.4) is 0 Å². The van der Waals surface area contributed by atoms with E-state index in [2.05, 4.69) is 4.98 Å². The third kappa shape index (κ3) is 2.99. The van der Waals surface area contributed by atoms with Crippen molar-refractivity contribution in [2.75, 3.05) is 0 Å². The van der Waals surface area contributed by atoms with Crippen molar-refractivity contribution in [3.63, 3.8) is 0 Å². The molecule has 0 radical (unpaired) electrons. The standard InChI is InChI=1S/C16H17NO2/c1-16(2,15(18)19)14-5-3-12(4-6-14)11-13-7-9-17-10-8-13/h3-10H,11H2,1-2H3,(H,18,19). The van der Waals surface area contributed by atoms with E-state index < -0.39 is 11.4 Å². The van der Waals surface area contributed by atoms with Gasteiger partial charge in [0.2, 0.25) is 0 Å². The second-order valence-electron chi connectivity index (χ2n) is 5.16. The number of rotatable bonds is 4. The van der Waals surface area contributed by atoms with E-state index >= 15 is 0 Å². The Balaban J connectivity index is 2.18. The number of aliphatic carboxylic acids is 1. The van der Waals surface area contributed by atoms with Gasteiger partial charge in [-0.1, -0.05) is 24.3 Å². The molecule has 98 valence electrons. The molecular weight excluding hydrogens is 238 g/mol. The predicted molar refractivity (Wildman–Crippen MR) is 74.1 cm³/mol. The predicted octanol–water partition coefficient (Wildman–Crippen LogP) is 3.03. The SMILES string of the molecule is CC(C)(C(=O)O)c1ccc(Cc2ccncc2)cc1. The lowest BCUT2D eigenvalue weighted by molar-refractivity contribution is -0.142. The van der Waals surface area contributed by atoms with Gasteiger partial charge in [-0.2, -0.15) is 0 Å². The van der Waals surface area contributed by atoms with Crippen molar-refractivity contribution < 1.29 is 9.90 Å². The highest BCUT2D eigenvalue weighted by atomic mass is 16.4. The minimum Gasteiger partial charge on any atom is -0.481 e. The summed E-state index contributed by atoms with van der Waals surface area (Å²) in [6.45, 7) is 3.43. The van der Waals surface area contributed by atoms with Crippen LogP contribution in [0.4, 0.5) is 0 Å². The number of nitrogens with zero attached hydrogens (tertiary/aromatic N) is 1. The molecule has 0 bridgehead atoms. The molecule has 1 aromatic carbocycles. The molecule has 0 aliphatic rings. The van der Waals surface area contributed by atoms with Gasteiger partial charge in [-0.3, -0.25) is 9.78 Å². The van der Waals surface area contributed by atoms with Crippen molar-refractivity contribution in [3.05, 3.63) is 65.5 Å². The first kappa shape index (κ1) is 13.3.